The number of anilines is 2. The number of carbonyl (C=O) groups is 2. The van der Waals surface area contributed by atoms with E-state index in [9.17, 15) is 9.59 Å². The predicted octanol–water partition coefficient (Wildman–Crippen LogP) is 2.27. The Bertz CT molecular complexity index is 785. The summed E-state index contributed by atoms with van der Waals surface area (Å²) in [4.78, 5) is 33.2. The number of nitrogens with one attached hydrogen (secondary N) is 1. The van der Waals surface area contributed by atoms with Crippen LogP contribution in [0.5, 0.6) is 0 Å². The molecule has 2 aromatic rings. The van der Waals surface area contributed by atoms with Crippen LogP contribution in [0, 0.1) is 5.41 Å². The molecule has 8 nitrogen and oxygen atoms in total. The van der Waals surface area contributed by atoms with E-state index < -0.39 is 0 Å². The molecule has 1 N–H and O–H groups in total. The van der Waals surface area contributed by atoms with Crippen molar-refractivity contribution in [3.63, 3.8) is 0 Å². The molecule has 0 atom stereocenters. The zero-order valence-corrected chi connectivity index (χ0v) is 16.6. The van der Waals surface area contributed by atoms with Crippen LogP contribution in [0.15, 0.2) is 23.8 Å². The van der Waals surface area contributed by atoms with Crippen molar-refractivity contribution in [1.29, 1.82) is 0 Å². The molecule has 1 fully saturated rings. The minimum absolute atomic E-state index is 0.181. The van der Waals surface area contributed by atoms with Crippen molar-refractivity contribution >= 4 is 34.1 Å². The molecule has 0 aliphatic carbocycles. The molecule has 27 heavy (non-hydrogen) atoms. The van der Waals surface area contributed by atoms with Gasteiger partial charge in [0.1, 0.15) is 11.3 Å². The maximum absolute atomic E-state index is 12.5. The summed E-state index contributed by atoms with van der Waals surface area (Å²) in [5, 5.41) is 10.6. The zero-order valence-electron chi connectivity index (χ0n) is 15.8. The van der Waals surface area contributed by atoms with E-state index >= 15 is 0 Å². The molecule has 2 amide bonds. The lowest BCUT2D eigenvalue weighted by atomic mass is 9.94. The average molecular weight is 388 g/mol. The maximum Gasteiger partial charge on any atom is 0.259 e. The molecule has 0 saturated carbocycles. The maximum atomic E-state index is 12.5. The highest BCUT2D eigenvalue weighted by Crippen LogP contribution is 2.20. The summed E-state index contributed by atoms with van der Waals surface area (Å²) in [5.74, 6) is 0.733. The zero-order chi connectivity index (χ0) is 19.4. The van der Waals surface area contributed by atoms with Gasteiger partial charge in [-0.3, -0.25) is 14.9 Å². The fourth-order valence-electron chi connectivity index (χ4n) is 2.93. The molecule has 0 unspecified atom stereocenters. The lowest BCUT2D eigenvalue weighted by molar-refractivity contribution is -0.139. The van der Waals surface area contributed by atoms with Crippen LogP contribution in [0.1, 0.15) is 37.6 Å². The van der Waals surface area contributed by atoms with Crippen molar-refractivity contribution in [3.05, 3.63) is 29.4 Å². The van der Waals surface area contributed by atoms with Gasteiger partial charge in [0.05, 0.1) is 5.56 Å². The highest BCUT2D eigenvalue weighted by molar-refractivity contribution is 7.13. The van der Waals surface area contributed by atoms with E-state index in [1.807, 2.05) is 31.7 Å². The van der Waals surface area contributed by atoms with E-state index in [0.717, 1.165) is 31.9 Å². The van der Waals surface area contributed by atoms with Crippen molar-refractivity contribution in [1.82, 2.24) is 20.1 Å². The van der Waals surface area contributed by atoms with Crippen LogP contribution < -0.4 is 10.2 Å². The van der Waals surface area contributed by atoms with Gasteiger partial charge in [-0.05, 0) is 18.6 Å². The molecule has 0 radical (unpaired) electrons. The van der Waals surface area contributed by atoms with Gasteiger partial charge in [-0.1, -0.05) is 32.1 Å². The van der Waals surface area contributed by atoms with Crippen LogP contribution in [-0.4, -0.2) is 58.1 Å². The summed E-state index contributed by atoms with van der Waals surface area (Å²) in [6.45, 7) is 8.84. The highest BCUT2D eigenvalue weighted by Gasteiger charge is 2.28. The normalized spacial score (nSPS) is 15.4. The largest absolute Gasteiger partial charge is 0.355 e. The van der Waals surface area contributed by atoms with Crippen molar-refractivity contribution < 1.29 is 9.59 Å². The van der Waals surface area contributed by atoms with Crippen LogP contribution in [0.4, 0.5) is 10.9 Å². The van der Waals surface area contributed by atoms with Gasteiger partial charge in [0.15, 0.2) is 0 Å². The number of amides is 2. The SMILES string of the molecule is CC(C)(C)C(=O)N1CCCN(c2ccc(C(=O)Nc3nncs3)cn2)CC1. The number of hydrogen-bond donors (Lipinski definition) is 1. The second-order valence-electron chi connectivity index (χ2n) is 7.49. The number of hydrogen-bond acceptors (Lipinski definition) is 7. The Labute approximate surface area is 162 Å². The molecule has 0 spiro atoms. The van der Waals surface area contributed by atoms with Gasteiger partial charge in [-0.25, -0.2) is 4.98 Å². The molecule has 1 saturated heterocycles. The molecule has 9 heteroatoms. The Morgan fingerprint density at radius 1 is 1.15 bits per heavy atom. The fourth-order valence-corrected chi connectivity index (χ4v) is 3.37. The predicted molar refractivity (Wildman–Crippen MR) is 105 cm³/mol. The molecule has 2 aromatic heterocycles. The first kappa shape index (κ1) is 19.2. The summed E-state index contributed by atoms with van der Waals surface area (Å²) >= 11 is 1.26. The average Bonchev–Trinajstić information content (AvgIpc) is 3.02. The van der Waals surface area contributed by atoms with Gasteiger partial charge in [0.25, 0.3) is 5.91 Å². The lowest BCUT2D eigenvalue weighted by Gasteiger charge is -2.28. The Morgan fingerprint density at radius 3 is 2.59 bits per heavy atom. The molecule has 1 aliphatic rings. The second kappa shape index (κ2) is 7.99. The third-order valence-electron chi connectivity index (χ3n) is 4.34. The summed E-state index contributed by atoms with van der Waals surface area (Å²) in [6.07, 6.45) is 2.46. The van der Waals surface area contributed by atoms with E-state index in [2.05, 4.69) is 25.4 Å². The number of nitrogens with zero attached hydrogens (tertiary/aromatic N) is 5. The Balaban J connectivity index is 1.62. The van der Waals surface area contributed by atoms with Gasteiger partial charge in [-0.2, -0.15) is 0 Å². The van der Waals surface area contributed by atoms with Crippen molar-refractivity contribution in [2.45, 2.75) is 27.2 Å². The van der Waals surface area contributed by atoms with E-state index in [0.29, 0.717) is 17.2 Å². The number of rotatable bonds is 3. The van der Waals surface area contributed by atoms with Gasteiger partial charge < -0.3 is 9.80 Å². The van der Waals surface area contributed by atoms with Crippen molar-refractivity contribution in [2.75, 3.05) is 36.4 Å². The molecule has 3 rings (SSSR count). The standard InChI is InChI=1S/C18H24N6O2S/c1-18(2,3)16(26)24-8-4-7-23(9-10-24)14-6-5-13(11-19-14)15(25)21-17-22-20-12-27-17/h5-6,11-12H,4,7-10H2,1-3H3,(H,21,22,25). The number of aromatic nitrogens is 3. The van der Waals surface area contributed by atoms with Crippen LogP contribution in [-0.2, 0) is 4.79 Å². The first-order valence-electron chi connectivity index (χ1n) is 8.92. The third-order valence-corrected chi connectivity index (χ3v) is 4.95. The van der Waals surface area contributed by atoms with E-state index in [-0.39, 0.29) is 17.2 Å². The number of carbonyl (C=O) groups excluding carboxylic acids is 2. The van der Waals surface area contributed by atoms with Gasteiger partial charge in [0, 0.05) is 37.8 Å². The van der Waals surface area contributed by atoms with Crippen molar-refractivity contribution in [3.8, 4) is 0 Å². The van der Waals surface area contributed by atoms with Crippen LogP contribution in [0.2, 0.25) is 0 Å². The van der Waals surface area contributed by atoms with E-state index in [4.69, 9.17) is 0 Å². The summed E-state index contributed by atoms with van der Waals surface area (Å²) < 4.78 is 0. The molecule has 1 aliphatic heterocycles. The first-order chi connectivity index (χ1) is 12.8. The lowest BCUT2D eigenvalue weighted by Crippen LogP contribution is -2.41. The number of pyridine rings is 1. The monoisotopic (exact) mass is 388 g/mol. The second-order valence-corrected chi connectivity index (χ2v) is 8.32. The molecule has 3 heterocycles. The molecular weight excluding hydrogens is 364 g/mol. The van der Waals surface area contributed by atoms with E-state index in [1.165, 1.54) is 11.3 Å². The van der Waals surface area contributed by atoms with Gasteiger partial charge in [-0.15, -0.1) is 10.2 Å². The topological polar surface area (TPSA) is 91.3 Å². The molecule has 0 aromatic carbocycles. The van der Waals surface area contributed by atoms with E-state index in [1.54, 1.807) is 17.8 Å². The molecular formula is C18H24N6O2S. The first-order valence-corrected chi connectivity index (χ1v) is 9.80. The Hall–Kier alpha value is -2.55. The van der Waals surface area contributed by atoms with Crippen LogP contribution in [0.25, 0.3) is 0 Å². The Kier molecular flexibility index (Phi) is 5.69. The van der Waals surface area contributed by atoms with Gasteiger partial charge in [0.2, 0.25) is 11.0 Å². The summed E-state index contributed by atoms with van der Waals surface area (Å²) in [5.41, 5.74) is 1.66. The Morgan fingerprint density at radius 2 is 1.96 bits per heavy atom. The minimum atomic E-state index is -0.366. The highest BCUT2D eigenvalue weighted by atomic mass is 32.1. The summed E-state index contributed by atoms with van der Waals surface area (Å²) in [6, 6.07) is 3.60. The van der Waals surface area contributed by atoms with Crippen LogP contribution >= 0.6 is 11.3 Å². The van der Waals surface area contributed by atoms with Gasteiger partial charge >= 0.3 is 0 Å². The fraction of sp³-hybridized carbons (Fsp3) is 0.500. The molecule has 144 valence electrons. The quantitative estimate of drug-likeness (QED) is 0.867. The van der Waals surface area contributed by atoms with Crippen LogP contribution in [0.3, 0.4) is 0 Å². The smallest absolute Gasteiger partial charge is 0.259 e. The third kappa shape index (κ3) is 4.79. The molecule has 0 bridgehead atoms. The minimum Gasteiger partial charge on any atom is -0.355 e. The summed E-state index contributed by atoms with van der Waals surface area (Å²) in [7, 11) is 0. The van der Waals surface area contributed by atoms with Crippen molar-refractivity contribution in [2.24, 2.45) is 5.41 Å².